The third-order valence-corrected chi connectivity index (χ3v) is 2.92. The maximum Gasteiger partial charge on any atom is 0.0730 e. The van der Waals surface area contributed by atoms with Gasteiger partial charge in [-0.25, -0.2) is 0 Å². The van der Waals surface area contributed by atoms with Gasteiger partial charge in [-0.15, -0.1) is 0 Å². The standard InChI is InChI=1S/C11H9ClN2/c12-7-3-4-9-8(6-7)11(13)10-2-1-5-14(9)10/h1-6,11H,13H2. The molecule has 1 unspecified atom stereocenters. The van der Waals surface area contributed by atoms with Crippen LogP contribution in [0.25, 0.3) is 5.69 Å². The number of aromatic nitrogens is 1. The lowest BCUT2D eigenvalue weighted by Gasteiger charge is -2.03. The molecule has 3 heteroatoms. The number of hydrogen-bond acceptors (Lipinski definition) is 1. The summed E-state index contributed by atoms with van der Waals surface area (Å²) in [7, 11) is 0. The Morgan fingerprint density at radius 3 is 3.00 bits per heavy atom. The summed E-state index contributed by atoms with van der Waals surface area (Å²) in [5.41, 5.74) is 9.46. The molecular weight excluding hydrogens is 196 g/mol. The predicted molar refractivity (Wildman–Crippen MR) is 56.8 cm³/mol. The highest BCUT2D eigenvalue weighted by molar-refractivity contribution is 6.30. The number of nitrogens with two attached hydrogens (primary N) is 1. The van der Waals surface area contributed by atoms with Gasteiger partial charge >= 0.3 is 0 Å². The number of fused-ring (bicyclic) bond motifs is 3. The summed E-state index contributed by atoms with van der Waals surface area (Å²) in [4.78, 5) is 0. The van der Waals surface area contributed by atoms with Crippen LogP contribution in [0.5, 0.6) is 0 Å². The second-order valence-electron chi connectivity index (χ2n) is 3.48. The number of hydrogen-bond donors (Lipinski definition) is 1. The largest absolute Gasteiger partial charge is 0.319 e. The smallest absolute Gasteiger partial charge is 0.0730 e. The highest BCUT2D eigenvalue weighted by Gasteiger charge is 2.24. The fourth-order valence-corrected chi connectivity index (χ4v) is 2.20. The van der Waals surface area contributed by atoms with Crippen LogP contribution in [0.15, 0.2) is 36.5 Å². The van der Waals surface area contributed by atoms with Crippen LogP contribution in [0, 0.1) is 0 Å². The molecule has 1 aliphatic heterocycles. The molecule has 0 spiro atoms. The Hall–Kier alpha value is -1.25. The van der Waals surface area contributed by atoms with Gasteiger partial charge in [0.05, 0.1) is 11.7 Å². The molecule has 0 fully saturated rings. The maximum absolute atomic E-state index is 6.09. The van der Waals surface area contributed by atoms with Crippen molar-refractivity contribution in [2.24, 2.45) is 5.73 Å². The zero-order valence-corrected chi connectivity index (χ0v) is 8.20. The average Bonchev–Trinajstić information content (AvgIpc) is 2.72. The normalized spacial score (nSPS) is 18.0. The van der Waals surface area contributed by atoms with Crippen molar-refractivity contribution >= 4 is 11.6 Å². The van der Waals surface area contributed by atoms with E-state index in [1.165, 1.54) is 0 Å². The number of rotatable bonds is 0. The molecule has 1 aromatic carbocycles. The summed E-state index contributed by atoms with van der Waals surface area (Å²) >= 11 is 5.93. The van der Waals surface area contributed by atoms with Crippen molar-refractivity contribution in [3.05, 3.63) is 52.8 Å². The number of halogens is 1. The van der Waals surface area contributed by atoms with Crippen molar-refractivity contribution in [3.63, 3.8) is 0 Å². The third-order valence-electron chi connectivity index (χ3n) is 2.68. The van der Waals surface area contributed by atoms with E-state index in [0.29, 0.717) is 0 Å². The van der Waals surface area contributed by atoms with Crippen molar-refractivity contribution in [1.82, 2.24) is 4.57 Å². The van der Waals surface area contributed by atoms with Gasteiger partial charge in [0.2, 0.25) is 0 Å². The van der Waals surface area contributed by atoms with Crippen molar-refractivity contribution in [2.45, 2.75) is 6.04 Å². The predicted octanol–water partition coefficient (Wildman–Crippen LogP) is 2.49. The number of nitrogens with zero attached hydrogens (tertiary/aromatic N) is 1. The Labute approximate surface area is 86.9 Å². The van der Waals surface area contributed by atoms with Gasteiger partial charge in [0.1, 0.15) is 0 Å². The molecule has 1 aliphatic rings. The van der Waals surface area contributed by atoms with Crippen LogP contribution in [0.2, 0.25) is 5.02 Å². The van der Waals surface area contributed by atoms with Gasteiger partial charge in [-0.05, 0) is 30.3 Å². The van der Waals surface area contributed by atoms with Crippen molar-refractivity contribution < 1.29 is 0 Å². The Morgan fingerprint density at radius 1 is 1.29 bits per heavy atom. The van der Waals surface area contributed by atoms with E-state index in [-0.39, 0.29) is 6.04 Å². The van der Waals surface area contributed by atoms with Crippen molar-refractivity contribution in [2.75, 3.05) is 0 Å². The Morgan fingerprint density at radius 2 is 2.14 bits per heavy atom. The van der Waals surface area contributed by atoms with Gasteiger partial charge in [0.15, 0.2) is 0 Å². The summed E-state index contributed by atoms with van der Waals surface area (Å²) in [5, 5.41) is 0.741. The molecule has 0 saturated heterocycles. The van der Waals surface area contributed by atoms with E-state index in [4.69, 9.17) is 17.3 Å². The van der Waals surface area contributed by atoms with Crippen LogP contribution in [-0.4, -0.2) is 4.57 Å². The van der Waals surface area contributed by atoms with E-state index >= 15 is 0 Å². The van der Waals surface area contributed by atoms with Gasteiger partial charge in [-0.1, -0.05) is 11.6 Å². The summed E-state index contributed by atoms with van der Waals surface area (Å²) in [5.74, 6) is 0. The summed E-state index contributed by atoms with van der Waals surface area (Å²) in [6, 6.07) is 9.84. The van der Waals surface area contributed by atoms with Gasteiger partial charge in [-0.2, -0.15) is 0 Å². The molecule has 1 aromatic heterocycles. The number of benzene rings is 1. The lowest BCUT2D eigenvalue weighted by atomic mass is 10.1. The molecular formula is C11H9ClN2. The zero-order chi connectivity index (χ0) is 9.71. The quantitative estimate of drug-likeness (QED) is 0.703. The molecule has 0 saturated carbocycles. The molecule has 0 amide bonds. The Kier molecular flexibility index (Phi) is 1.52. The topological polar surface area (TPSA) is 30.9 Å². The summed E-state index contributed by atoms with van der Waals surface area (Å²) in [6.07, 6.45) is 2.02. The van der Waals surface area contributed by atoms with E-state index in [1.807, 2.05) is 36.5 Å². The first kappa shape index (κ1) is 8.09. The molecule has 2 nitrogen and oxygen atoms in total. The highest BCUT2D eigenvalue weighted by atomic mass is 35.5. The summed E-state index contributed by atoms with van der Waals surface area (Å²) < 4.78 is 2.11. The van der Waals surface area contributed by atoms with Crippen molar-refractivity contribution in [3.8, 4) is 5.69 Å². The highest BCUT2D eigenvalue weighted by Crippen LogP contribution is 2.35. The minimum atomic E-state index is -0.0429. The lowest BCUT2D eigenvalue weighted by molar-refractivity contribution is 0.865. The van der Waals surface area contributed by atoms with Crippen LogP contribution in [-0.2, 0) is 0 Å². The molecule has 0 aliphatic carbocycles. The van der Waals surface area contributed by atoms with Crippen LogP contribution < -0.4 is 5.73 Å². The average molecular weight is 205 g/mol. The fourth-order valence-electron chi connectivity index (χ4n) is 2.02. The monoisotopic (exact) mass is 204 g/mol. The molecule has 3 rings (SSSR count). The van der Waals surface area contributed by atoms with E-state index < -0.39 is 0 Å². The zero-order valence-electron chi connectivity index (χ0n) is 7.44. The molecule has 14 heavy (non-hydrogen) atoms. The Balaban J connectivity index is 2.33. The SMILES string of the molecule is NC1c2cc(Cl)ccc2-n2cccc21. The maximum atomic E-state index is 6.09. The molecule has 1 atom stereocenters. The molecule has 2 heterocycles. The van der Waals surface area contributed by atoms with E-state index in [2.05, 4.69) is 4.57 Å². The van der Waals surface area contributed by atoms with E-state index in [0.717, 1.165) is 22.0 Å². The second kappa shape index (κ2) is 2.62. The second-order valence-corrected chi connectivity index (χ2v) is 3.92. The molecule has 0 bridgehead atoms. The van der Waals surface area contributed by atoms with Gasteiger partial charge in [0, 0.05) is 22.5 Å². The first-order chi connectivity index (χ1) is 6.77. The van der Waals surface area contributed by atoms with Crippen LogP contribution in [0.4, 0.5) is 0 Å². The minimum absolute atomic E-state index is 0.0429. The van der Waals surface area contributed by atoms with Crippen LogP contribution in [0.3, 0.4) is 0 Å². The Bertz CT molecular complexity index is 502. The van der Waals surface area contributed by atoms with E-state index in [1.54, 1.807) is 0 Å². The minimum Gasteiger partial charge on any atom is -0.319 e. The molecule has 0 radical (unpaired) electrons. The van der Waals surface area contributed by atoms with E-state index in [9.17, 15) is 0 Å². The van der Waals surface area contributed by atoms with Gasteiger partial charge in [-0.3, -0.25) is 0 Å². The first-order valence-corrected chi connectivity index (χ1v) is 4.88. The fraction of sp³-hybridized carbons (Fsp3) is 0.0909. The third kappa shape index (κ3) is 0.897. The van der Waals surface area contributed by atoms with Crippen LogP contribution in [0.1, 0.15) is 17.3 Å². The van der Waals surface area contributed by atoms with Gasteiger partial charge < -0.3 is 10.3 Å². The molecule has 2 aromatic rings. The van der Waals surface area contributed by atoms with Gasteiger partial charge in [0.25, 0.3) is 0 Å². The summed E-state index contributed by atoms with van der Waals surface area (Å²) in [6.45, 7) is 0. The molecule has 2 N–H and O–H groups in total. The molecule has 70 valence electrons. The lowest BCUT2D eigenvalue weighted by Crippen LogP contribution is -2.07. The van der Waals surface area contributed by atoms with Crippen LogP contribution >= 0.6 is 11.6 Å². The van der Waals surface area contributed by atoms with Crippen molar-refractivity contribution in [1.29, 1.82) is 0 Å². The first-order valence-electron chi connectivity index (χ1n) is 4.50.